The van der Waals surface area contributed by atoms with E-state index in [1.165, 1.54) is 5.56 Å². The molecular formula is C11H15N5. The quantitative estimate of drug-likeness (QED) is 0.832. The Kier molecular flexibility index (Phi) is 3.26. The summed E-state index contributed by atoms with van der Waals surface area (Å²) in [6, 6.07) is 0. The second-order valence-corrected chi connectivity index (χ2v) is 3.51. The fourth-order valence-corrected chi connectivity index (χ4v) is 1.51. The zero-order valence-electron chi connectivity index (χ0n) is 9.51. The van der Waals surface area contributed by atoms with E-state index in [4.69, 9.17) is 0 Å². The summed E-state index contributed by atoms with van der Waals surface area (Å²) in [6.07, 6.45) is 6.89. The fourth-order valence-electron chi connectivity index (χ4n) is 1.51. The Bertz CT molecular complexity index is 449. The number of aromatic nitrogens is 4. The summed E-state index contributed by atoms with van der Waals surface area (Å²) in [5.74, 6) is 0.753. The molecule has 0 atom stereocenters. The molecule has 0 saturated carbocycles. The lowest BCUT2D eigenvalue weighted by molar-refractivity contribution is 0.720. The van der Waals surface area contributed by atoms with E-state index >= 15 is 0 Å². The van der Waals surface area contributed by atoms with Gasteiger partial charge in [0.2, 0.25) is 0 Å². The van der Waals surface area contributed by atoms with Gasteiger partial charge in [-0.05, 0) is 13.5 Å². The van der Waals surface area contributed by atoms with Gasteiger partial charge in [-0.25, -0.2) is 9.67 Å². The number of hydrogen-bond donors (Lipinski definition) is 1. The Hall–Kier alpha value is -1.75. The van der Waals surface area contributed by atoms with Crippen LogP contribution in [0.15, 0.2) is 24.8 Å². The predicted molar refractivity (Wildman–Crippen MR) is 61.3 cm³/mol. The van der Waals surface area contributed by atoms with Crippen LogP contribution in [0.25, 0.3) is 5.82 Å². The van der Waals surface area contributed by atoms with Gasteiger partial charge in [0.15, 0.2) is 5.82 Å². The van der Waals surface area contributed by atoms with E-state index in [9.17, 15) is 0 Å². The second kappa shape index (κ2) is 4.85. The minimum atomic E-state index is 0.753. The minimum absolute atomic E-state index is 0.753. The number of rotatable bonds is 4. The SMILES string of the molecule is CCNCc1cnn(-c2cnccn2)c1C. The lowest BCUT2D eigenvalue weighted by Crippen LogP contribution is -2.12. The van der Waals surface area contributed by atoms with Crippen LogP contribution in [-0.4, -0.2) is 26.3 Å². The number of nitrogens with one attached hydrogen (secondary N) is 1. The van der Waals surface area contributed by atoms with Crippen molar-refractivity contribution in [3.8, 4) is 5.82 Å². The molecule has 1 N–H and O–H groups in total. The molecular weight excluding hydrogens is 202 g/mol. The van der Waals surface area contributed by atoms with Crippen molar-refractivity contribution in [2.45, 2.75) is 20.4 Å². The van der Waals surface area contributed by atoms with E-state index in [1.807, 2.05) is 13.1 Å². The zero-order chi connectivity index (χ0) is 11.4. The van der Waals surface area contributed by atoms with Crippen LogP contribution in [0.1, 0.15) is 18.2 Å². The standard InChI is InChI=1S/C11H15N5/c1-3-12-6-10-7-15-16(9(10)2)11-8-13-4-5-14-11/h4-5,7-8,12H,3,6H2,1-2H3. The Balaban J connectivity index is 2.27. The molecule has 0 bridgehead atoms. The maximum atomic E-state index is 4.31. The molecule has 0 radical (unpaired) electrons. The number of nitrogens with zero attached hydrogens (tertiary/aromatic N) is 4. The molecule has 16 heavy (non-hydrogen) atoms. The van der Waals surface area contributed by atoms with Crippen molar-refractivity contribution in [2.24, 2.45) is 0 Å². The first kappa shape index (κ1) is 10.8. The molecule has 2 rings (SSSR count). The van der Waals surface area contributed by atoms with Crippen molar-refractivity contribution >= 4 is 0 Å². The topological polar surface area (TPSA) is 55.6 Å². The Morgan fingerprint density at radius 2 is 2.19 bits per heavy atom. The summed E-state index contributed by atoms with van der Waals surface area (Å²) in [6.45, 7) is 5.91. The van der Waals surface area contributed by atoms with Gasteiger partial charge >= 0.3 is 0 Å². The fraction of sp³-hybridized carbons (Fsp3) is 0.364. The highest BCUT2D eigenvalue weighted by molar-refractivity contribution is 5.25. The highest BCUT2D eigenvalue weighted by Gasteiger charge is 2.07. The third-order valence-electron chi connectivity index (χ3n) is 2.44. The average Bonchev–Trinajstić information content (AvgIpc) is 2.69. The second-order valence-electron chi connectivity index (χ2n) is 3.51. The molecule has 0 fully saturated rings. The van der Waals surface area contributed by atoms with Gasteiger partial charge in [0, 0.05) is 30.2 Å². The lowest BCUT2D eigenvalue weighted by atomic mass is 10.2. The molecule has 2 aromatic rings. The molecule has 0 spiro atoms. The van der Waals surface area contributed by atoms with Gasteiger partial charge in [0.05, 0.1) is 12.4 Å². The normalized spacial score (nSPS) is 10.6. The summed E-state index contributed by atoms with van der Waals surface area (Å²) < 4.78 is 1.81. The van der Waals surface area contributed by atoms with Crippen molar-refractivity contribution in [3.05, 3.63) is 36.0 Å². The molecule has 5 nitrogen and oxygen atoms in total. The van der Waals surface area contributed by atoms with Gasteiger partial charge in [0.25, 0.3) is 0 Å². The average molecular weight is 217 g/mol. The minimum Gasteiger partial charge on any atom is -0.313 e. The highest BCUT2D eigenvalue weighted by Crippen LogP contribution is 2.10. The molecule has 0 saturated heterocycles. The van der Waals surface area contributed by atoms with E-state index in [1.54, 1.807) is 23.3 Å². The van der Waals surface area contributed by atoms with E-state index in [2.05, 4.69) is 27.3 Å². The Morgan fingerprint density at radius 3 is 2.88 bits per heavy atom. The van der Waals surface area contributed by atoms with E-state index in [-0.39, 0.29) is 0 Å². The van der Waals surface area contributed by atoms with Crippen LogP contribution in [0.3, 0.4) is 0 Å². The third kappa shape index (κ3) is 2.09. The summed E-state index contributed by atoms with van der Waals surface area (Å²) in [4.78, 5) is 8.26. The molecule has 0 unspecified atom stereocenters. The first-order chi connectivity index (χ1) is 7.83. The maximum absolute atomic E-state index is 4.31. The molecule has 84 valence electrons. The molecule has 5 heteroatoms. The van der Waals surface area contributed by atoms with Gasteiger partial charge in [-0.1, -0.05) is 6.92 Å². The van der Waals surface area contributed by atoms with Crippen LogP contribution < -0.4 is 5.32 Å². The maximum Gasteiger partial charge on any atom is 0.172 e. The van der Waals surface area contributed by atoms with Crippen molar-refractivity contribution < 1.29 is 0 Å². The molecule has 0 aromatic carbocycles. The van der Waals surface area contributed by atoms with E-state index < -0.39 is 0 Å². The lowest BCUT2D eigenvalue weighted by Gasteiger charge is -2.04. The van der Waals surface area contributed by atoms with Gasteiger partial charge in [-0.3, -0.25) is 4.98 Å². The highest BCUT2D eigenvalue weighted by atomic mass is 15.3. The monoisotopic (exact) mass is 217 g/mol. The van der Waals surface area contributed by atoms with Gasteiger partial charge in [-0.2, -0.15) is 5.10 Å². The van der Waals surface area contributed by atoms with Crippen molar-refractivity contribution in [3.63, 3.8) is 0 Å². The molecule has 0 amide bonds. The van der Waals surface area contributed by atoms with Gasteiger partial charge in [-0.15, -0.1) is 0 Å². The molecule has 0 aliphatic carbocycles. The molecule has 0 aliphatic rings. The summed E-state index contributed by atoms with van der Waals surface area (Å²) in [7, 11) is 0. The molecule has 2 aromatic heterocycles. The summed E-state index contributed by atoms with van der Waals surface area (Å²) >= 11 is 0. The first-order valence-corrected chi connectivity index (χ1v) is 5.33. The predicted octanol–water partition coefficient (Wildman–Crippen LogP) is 1.08. The third-order valence-corrected chi connectivity index (χ3v) is 2.44. The molecule has 2 heterocycles. The van der Waals surface area contributed by atoms with E-state index in [0.717, 1.165) is 24.6 Å². The van der Waals surface area contributed by atoms with Crippen LogP contribution in [0.5, 0.6) is 0 Å². The van der Waals surface area contributed by atoms with Crippen LogP contribution in [0.2, 0.25) is 0 Å². The van der Waals surface area contributed by atoms with E-state index in [0.29, 0.717) is 0 Å². The summed E-state index contributed by atoms with van der Waals surface area (Å²) in [5, 5.41) is 7.59. The van der Waals surface area contributed by atoms with Crippen LogP contribution in [-0.2, 0) is 6.54 Å². The molecule has 0 aliphatic heterocycles. The number of hydrogen-bond acceptors (Lipinski definition) is 4. The van der Waals surface area contributed by atoms with Crippen LogP contribution in [0, 0.1) is 6.92 Å². The van der Waals surface area contributed by atoms with Gasteiger partial charge < -0.3 is 5.32 Å². The van der Waals surface area contributed by atoms with Crippen molar-refractivity contribution in [1.29, 1.82) is 0 Å². The van der Waals surface area contributed by atoms with Crippen LogP contribution >= 0.6 is 0 Å². The Morgan fingerprint density at radius 1 is 1.31 bits per heavy atom. The smallest absolute Gasteiger partial charge is 0.172 e. The first-order valence-electron chi connectivity index (χ1n) is 5.33. The van der Waals surface area contributed by atoms with Crippen molar-refractivity contribution in [2.75, 3.05) is 6.54 Å². The van der Waals surface area contributed by atoms with Gasteiger partial charge in [0.1, 0.15) is 0 Å². The summed E-state index contributed by atoms with van der Waals surface area (Å²) in [5.41, 5.74) is 2.29. The van der Waals surface area contributed by atoms with Crippen molar-refractivity contribution in [1.82, 2.24) is 25.1 Å². The Labute approximate surface area is 94.5 Å². The zero-order valence-corrected chi connectivity index (χ0v) is 9.51. The largest absolute Gasteiger partial charge is 0.313 e. The van der Waals surface area contributed by atoms with Crippen LogP contribution in [0.4, 0.5) is 0 Å².